The zero-order valence-electron chi connectivity index (χ0n) is 20.6. The van der Waals surface area contributed by atoms with E-state index in [1.165, 1.54) is 11.3 Å². The van der Waals surface area contributed by atoms with E-state index in [0.717, 1.165) is 77.7 Å². The van der Waals surface area contributed by atoms with Gasteiger partial charge in [-0.3, -0.25) is 9.98 Å². The number of aryl methyl sites for hydroxylation is 1. The number of anilines is 1. The number of aromatic nitrogens is 3. The summed E-state index contributed by atoms with van der Waals surface area (Å²) in [5.41, 5.74) is 8.51. The highest BCUT2D eigenvalue weighted by molar-refractivity contribution is 5.96. The Bertz CT molecular complexity index is 1330. The van der Waals surface area contributed by atoms with Gasteiger partial charge in [-0.05, 0) is 55.4 Å². The standard InChI is InChI=1S/C28H31N5O2/c1-17(34)23-12-24-25(32-23)11-19(14-29-24)18-4-5-26-20(10-18)15-33(8-9-35-26)27-21-13-28(2,3)7-6-22(21)30-16-31-27/h4-5,10-11,14,16-17,34H,6-9,12-13,15H2,1-3H3. The topological polar surface area (TPSA) is 83.7 Å². The normalized spacial score (nSPS) is 19.1. The first-order valence-corrected chi connectivity index (χ1v) is 12.4. The van der Waals surface area contributed by atoms with Crippen molar-refractivity contribution in [1.82, 2.24) is 15.0 Å². The maximum absolute atomic E-state index is 9.90. The molecule has 0 radical (unpaired) electrons. The van der Waals surface area contributed by atoms with Gasteiger partial charge in [0, 0.05) is 41.5 Å². The van der Waals surface area contributed by atoms with Crippen molar-refractivity contribution in [3.05, 3.63) is 59.3 Å². The molecule has 0 saturated heterocycles. The van der Waals surface area contributed by atoms with E-state index in [4.69, 9.17) is 9.72 Å². The third-order valence-electron chi connectivity index (χ3n) is 7.42. The molecule has 1 aromatic carbocycles. The van der Waals surface area contributed by atoms with Crippen LogP contribution in [0, 0.1) is 5.41 Å². The van der Waals surface area contributed by atoms with Crippen LogP contribution in [-0.4, -0.2) is 45.0 Å². The summed E-state index contributed by atoms with van der Waals surface area (Å²) in [6.45, 7) is 8.55. The van der Waals surface area contributed by atoms with Crippen LogP contribution in [0.3, 0.4) is 0 Å². The van der Waals surface area contributed by atoms with E-state index in [9.17, 15) is 5.11 Å². The third-order valence-corrected chi connectivity index (χ3v) is 7.42. The molecular formula is C28H31N5O2. The van der Waals surface area contributed by atoms with Crippen LogP contribution in [0.25, 0.3) is 11.1 Å². The van der Waals surface area contributed by atoms with Crippen LogP contribution in [0.4, 0.5) is 11.5 Å². The van der Waals surface area contributed by atoms with E-state index in [1.807, 2.05) is 6.20 Å². The molecule has 3 aromatic rings. The highest BCUT2D eigenvalue weighted by Crippen LogP contribution is 2.39. The van der Waals surface area contributed by atoms with Gasteiger partial charge in [0.05, 0.1) is 29.7 Å². The zero-order chi connectivity index (χ0) is 24.2. The Balaban J connectivity index is 1.33. The number of fused-ring (bicyclic) bond motifs is 3. The first-order valence-electron chi connectivity index (χ1n) is 12.4. The smallest absolute Gasteiger partial charge is 0.135 e. The van der Waals surface area contributed by atoms with Crippen LogP contribution in [0.15, 0.2) is 41.8 Å². The second-order valence-corrected chi connectivity index (χ2v) is 10.7. The molecule has 0 saturated carbocycles. The maximum Gasteiger partial charge on any atom is 0.135 e. The van der Waals surface area contributed by atoms with Crippen molar-refractivity contribution < 1.29 is 9.84 Å². The molecule has 3 aliphatic rings. The average Bonchev–Trinajstić information content (AvgIpc) is 3.16. The van der Waals surface area contributed by atoms with Crippen molar-refractivity contribution in [1.29, 1.82) is 0 Å². The van der Waals surface area contributed by atoms with Crippen molar-refractivity contribution in [2.24, 2.45) is 10.4 Å². The van der Waals surface area contributed by atoms with E-state index < -0.39 is 6.10 Å². The predicted molar refractivity (Wildman–Crippen MR) is 137 cm³/mol. The number of benzene rings is 1. The lowest BCUT2D eigenvalue weighted by Gasteiger charge is -2.33. The Labute approximate surface area is 205 Å². The van der Waals surface area contributed by atoms with Crippen LogP contribution in [-0.2, 0) is 25.8 Å². The SMILES string of the molecule is CC(O)C1=Nc2cc(-c3ccc4c(c3)CN(c3ncnc5c3CC(C)(C)CC5)CCO4)cnc2C1. The zero-order valence-corrected chi connectivity index (χ0v) is 20.6. The molecule has 0 spiro atoms. The van der Waals surface area contributed by atoms with Gasteiger partial charge >= 0.3 is 0 Å². The van der Waals surface area contributed by atoms with Crippen molar-refractivity contribution in [3.63, 3.8) is 0 Å². The van der Waals surface area contributed by atoms with Gasteiger partial charge in [0.25, 0.3) is 0 Å². The quantitative estimate of drug-likeness (QED) is 0.610. The number of hydrogen-bond acceptors (Lipinski definition) is 7. The number of aliphatic imine (C=N–C) groups is 1. The number of nitrogens with zero attached hydrogens (tertiary/aromatic N) is 5. The van der Waals surface area contributed by atoms with E-state index in [1.54, 1.807) is 13.3 Å². The van der Waals surface area contributed by atoms with Crippen LogP contribution in [0.1, 0.15) is 49.7 Å². The van der Waals surface area contributed by atoms with Gasteiger partial charge in [0.15, 0.2) is 0 Å². The number of rotatable bonds is 3. The minimum absolute atomic E-state index is 0.261. The second kappa shape index (κ2) is 8.41. The molecule has 4 heterocycles. The first kappa shape index (κ1) is 22.2. The molecule has 1 N–H and O–H groups in total. The number of pyridine rings is 1. The van der Waals surface area contributed by atoms with Crippen LogP contribution in [0.2, 0.25) is 0 Å². The molecule has 2 aromatic heterocycles. The largest absolute Gasteiger partial charge is 0.491 e. The Morgan fingerprint density at radius 3 is 2.83 bits per heavy atom. The summed E-state index contributed by atoms with van der Waals surface area (Å²) in [5, 5.41) is 9.90. The monoisotopic (exact) mass is 469 g/mol. The van der Waals surface area contributed by atoms with Gasteiger partial charge in [-0.15, -0.1) is 0 Å². The highest BCUT2D eigenvalue weighted by Gasteiger charge is 2.30. The Morgan fingerprint density at radius 1 is 1.09 bits per heavy atom. The fraction of sp³-hybridized carbons (Fsp3) is 0.429. The molecular weight excluding hydrogens is 438 g/mol. The Morgan fingerprint density at radius 2 is 1.97 bits per heavy atom. The predicted octanol–water partition coefficient (Wildman–Crippen LogP) is 4.46. The molecule has 1 unspecified atom stereocenters. The molecule has 1 atom stereocenters. The van der Waals surface area contributed by atoms with E-state index >= 15 is 0 Å². The minimum Gasteiger partial charge on any atom is -0.491 e. The number of ether oxygens (including phenoxy) is 1. The Hall–Kier alpha value is -3.32. The van der Waals surface area contributed by atoms with Gasteiger partial charge < -0.3 is 14.7 Å². The van der Waals surface area contributed by atoms with Crippen molar-refractivity contribution in [2.75, 3.05) is 18.1 Å². The number of aliphatic hydroxyl groups excluding tert-OH is 1. The van der Waals surface area contributed by atoms with Crippen molar-refractivity contribution in [2.45, 2.75) is 59.1 Å². The lowest BCUT2D eigenvalue weighted by molar-refractivity contribution is 0.260. The number of aliphatic hydroxyl groups is 1. The molecule has 7 heteroatoms. The molecule has 2 aliphatic heterocycles. The summed E-state index contributed by atoms with van der Waals surface area (Å²) in [6.07, 6.45) is 6.84. The fourth-order valence-corrected chi connectivity index (χ4v) is 5.36. The van der Waals surface area contributed by atoms with E-state index in [2.05, 4.69) is 58.0 Å². The highest BCUT2D eigenvalue weighted by atomic mass is 16.5. The molecule has 6 rings (SSSR count). The first-order chi connectivity index (χ1) is 16.9. The van der Waals surface area contributed by atoms with Crippen LogP contribution >= 0.6 is 0 Å². The molecule has 35 heavy (non-hydrogen) atoms. The summed E-state index contributed by atoms with van der Waals surface area (Å²) >= 11 is 0. The average molecular weight is 470 g/mol. The second-order valence-electron chi connectivity index (χ2n) is 10.7. The number of hydrogen-bond donors (Lipinski definition) is 1. The van der Waals surface area contributed by atoms with Crippen molar-refractivity contribution in [3.8, 4) is 16.9 Å². The maximum atomic E-state index is 9.90. The summed E-state index contributed by atoms with van der Waals surface area (Å²) in [6, 6.07) is 8.41. The van der Waals surface area contributed by atoms with Crippen LogP contribution < -0.4 is 9.64 Å². The van der Waals surface area contributed by atoms with Gasteiger partial charge in [-0.25, -0.2) is 9.97 Å². The van der Waals surface area contributed by atoms with Gasteiger partial charge in [0.2, 0.25) is 0 Å². The molecule has 0 amide bonds. The summed E-state index contributed by atoms with van der Waals surface area (Å²) in [4.78, 5) is 20.9. The third kappa shape index (κ3) is 4.18. The van der Waals surface area contributed by atoms with Gasteiger partial charge in [-0.2, -0.15) is 0 Å². The van der Waals surface area contributed by atoms with E-state index in [0.29, 0.717) is 13.0 Å². The molecule has 0 bridgehead atoms. The summed E-state index contributed by atoms with van der Waals surface area (Å²) < 4.78 is 6.14. The van der Waals surface area contributed by atoms with Crippen LogP contribution in [0.5, 0.6) is 5.75 Å². The fourth-order valence-electron chi connectivity index (χ4n) is 5.36. The molecule has 1 aliphatic carbocycles. The molecule has 180 valence electrons. The summed E-state index contributed by atoms with van der Waals surface area (Å²) in [7, 11) is 0. The lowest BCUT2D eigenvalue weighted by atomic mass is 9.76. The molecule has 0 fully saturated rings. The minimum atomic E-state index is -0.554. The van der Waals surface area contributed by atoms with Crippen molar-refractivity contribution >= 4 is 17.2 Å². The van der Waals surface area contributed by atoms with E-state index in [-0.39, 0.29) is 5.41 Å². The van der Waals surface area contributed by atoms with Gasteiger partial charge in [-0.1, -0.05) is 19.9 Å². The molecule has 7 nitrogen and oxygen atoms in total. The van der Waals surface area contributed by atoms with Gasteiger partial charge in [0.1, 0.15) is 24.5 Å². The summed E-state index contributed by atoms with van der Waals surface area (Å²) in [5.74, 6) is 1.96. The Kier molecular flexibility index (Phi) is 5.33. The lowest BCUT2D eigenvalue weighted by Crippen LogP contribution is -2.31.